The molecule has 4 nitrogen and oxygen atoms in total. The van der Waals surface area contributed by atoms with Crippen LogP contribution in [0, 0.1) is 5.82 Å². The third-order valence-corrected chi connectivity index (χ3v) is 3.85. The number of carbonyl (C=O) groups excluding carboxylic acids is 2. The SMILES string of the molecule is CN(CC(=O)Nc1cccc(F)c1)C(=O)CCc1ccsc1. The van der Waals surface area contributed by atoms with Gasteiger partial charge in [-0.2, -0.15) is 11.3 Å². The van der Waals surface area contributed by atoms with Gasteiger partial charge in [0, 0.05) is 19.2 Å². The van der Waals surface area contributed by atoms with E-state index < -0.39 is 5.82 Å². The van der Waals surface area contributed by atoms with Crippen molar-refractivity contribution in [1.29, 1.82) is 0 Å². The molecule has 2 aromatic rings. The first kappa shape index (κ1) is 16.2. The first-order chi connectivity index (χ1) is 10.5. The number of hydrogen-bond acceptors (Lipinski definition) is 3. The van der Waals surface area contributed by atoms with Crippen LogP contribution in [0.1, 0.15) is 12.0 Å². The van der Waals surface area contributed by atoms with E-state index in [1.807, 2.05) is 16.8 Å². The van der Waals surface area contributed by atoms with E-state index in [0.29, 0.717) is 18.5 Å². The van der Waals surface area contributed by atoms with E-state index in [2.05, 4.69) is 5.32 Å². The van der Waals surface area contributed by atoms with Crippen molar-refractivity contribution in [2.24, 2.45) is 0 Å². The molecular formula is C16H17FN2O2S. The molecule has 2 rings (SSSR count). The number of thiophene rings is 1. The number of aryl methyl sites for hydroxylation is 1. The van der Waals surface area contributed by atoms with E-state index in [-0.39, 0.29) is 18.4 Å². The molecule has 1 aromatic carbocycles. The highest BCUT2D eigenvalue weighted by molar-refractivity contribution is 7.07. The molecule has 0 spiro atoms. The largest absolute Gasteiger partial charge is 0.336 e. The number of rotatable bonds is 6. The van der Waals surface area contributed by atoms with Crippen molar-refractivity contribution in [2.45, 2.75) is 12.8 Å². The minimum absolute atomic E-state index is 0.0566. The number of likely N-dealkylation sites (N-methyl/N-ethyl adjacent to an activating group) is 1. The fraction of sp³-hybridized carbons (Fsp3) is 0.250. The van der Waals surface area contributed by atoms with Crippen LogP contribution in [0.5, 0.6) is 0 Å². The van der Waals surface area contributed by atoms with Crippen LogP contribution in [-0.4, -0.2) is 30.3 Å². The van der Waals surface area contributed by atoms with Gasteiger partial charge in [-0.25, -0.2) is 4.39 Å². The molecule has 2 amide bonds. The number of anilines is 1. The molecule has 0 radical (unpaired) electrons. The van der Waals surface area contributed by atoms with Gasteiger partial charge in [0.1, 0.15) is 5.82 Å². The van der Waals surface area contributed by atoms with Crippen LogP contribution in [-0.2, 0) is 16.0 Å². The summed E-state index contributed by atoms with van der Waals surface area (Å²) in [7, 11) is 1.58. The molecule has 116 valence electrons. The Hall–Kier alpha value is -2.21. The van der Waals surface area contributed by atoms with E-state index in [4.69, 9.17) is 0 Å². The maximum atomic E-state index is 13.0. The lowest BCUT2D eigenvalue weighted by atomic mass is 10.2. The van der Waals surface area contributed by atoms with Gasteiger partial charge >= 0.3 is 0 Å². The molecule has 1 aromatic heterocycles. The lowest BCUT2D eigenvalue weighted by Crippen LogP contribution is -2.35. The predicted molar refractivity (Wildman–Crippen MR) is 85.3 cm³/mol. The molecule has 6 heteroatoms. The van der Waals surface area contributed by atoms with E-state index in [1.165, 1.54) is 23.1 Å². The van der Waals surface area contributed by atoms with Crippen molar-refractivity contribution in [3.63, 3.8) is 0 Å². The summed E-state index contributed by atoms with van der Waals surface area (Å²) in [6, 6.07) is 7.63. The summed E-state index contributed by atoms with van der Waals surface area (Å²) in [5.74, 6) is -0.865. The Balaban J connectivity index is 1.79. The number of benzene rings is 1. The zero-order valence-corrected chi connectivity index (χ0v) is 13.0. The van der Waals surface area contributed by atoms with Gasteiger partial charge in [-0.1, -0.05) is 6.07 Å². The Morgan fingerprint density at radius 1 is 1.32 bits per heavy atom. The molecule has 0 saturated carbocycles. The summed E-state index contributed by atoms with van der Waals surface area (Å²) in [5, 5.41) is 6.54. The fourth-order valence-corrected chi connectivity index (χ4v) is 2.65. The molecule has 0 fully saturated rings. The number of nitrogens with zero attached hydrogens (tertiary/aromatic N) is 1. The van der Waals surface area contributed by atoms with Crippen LogP contribution in [0.15, 0.2) is 41.1 Å². The van der Waals surface area contributed by atoms with Crippen molar-refractivity contribution in [2.75, 3.05) is 18.9 Å². The fourth-order valence-electron chi connectivity index (χ4n) is 1.95. The van der Waals surface area contributed by atoms with Gasteiger partial charge in [-0.15, -0.1) is 0 Å². The first-order valence-electron chi connectivity index (χ1n) is 6.85. The monoisotopic (exact) mass is 320 g/mol. The van der Waals surface area contributed by atoms with Gasteiger partial charge in [0.25, 0.3) is 0 Å². The van der Waals surface area contributed by atoms with Crippen LogP contribution in [0.25, 0.3) is 0 Å². The topological polar surface area (TPSA) is 49.4 Å². The standard InChI is InChI=1S/C16H17FN2O2S/c1-19(16(21)6-5-12-7-8-22-11-12)10-15(20)18-14-4-2-3-13(17)9-14/h2-4,7-9,11H,5-6,10H2,1H3,(H,18,20). The number of hydrogen-bond donors (Lipinski definition) is 1. The summed E-state index contributed by atoms with van der Waals surface area (Å²) in [6.07, 6.45) is 1.03. The van der Waals surface area contributed by atoms with E-state index in [9.17, 15) is 14.0 Å². The average Bonchev–Trinajstić information content (AvgIpc) is 2.97. The van der Waals surface area contributed by atoms with Crippen molar-refractivity contribution in [3.8, 4) is 0 Å². The van der Waals surface area contributed by atoms with E-state index >= 15 is 0 Å². The highest BCUT2D eigenvalue weighted by atomic mass is 32.1. The lowest BCUT2D eigenvalue weighted by molar-refractivity contribution is -0.133. The van der Waals surface area contributed by atoms with Crippen LogP contribution < -0.4 is 5.32 Å². The summed E-state index contributed by atoms with van der Waals surface area (Å²) >= 11 is 1.59. The molecule has 0 unspecified atom stereocenters. The minimum atomic E-state index is -0.419. The van der Waals surface area contributed by atoms with Crippen molar-refractivity contribution < 1.29 is 14.0 Å². The quantitative estimate of drug-likeness (QED) is 0.890. The maximum absolute atomic E-state index is 13.0. The highest BCUT2D eigenvalue weighted by Crippen LogP contribution is 2.10. The summed E-state index contributed by atoms with van der Waals surface area (Å²) in [5.41, 5.74) is 1.50. The van der Waals surface area contributed by atoms with Crippen molar-refractivity contribution in [3.05, 3.63) is 52.5 Å². The summed E-state index contributed by atoms with van der Waals surface area (Å²) in [4.78, 5) is 25.2. The Morgan fingerprint density at radius 3 is 2.82 bits per heavy atom. The second kappa shape index (κ2) is 7.70. The van der Waals surface area contributed by atoms with E-state index in [0.717, 1.165) is 5.56 Å². The number of halogens is 1. The third kappa shape index (κ3) is 4.96. The zero-order chi connectivity index (χ0) is 15.9. The van der Waals surface area contributed by atoms with Gasteiger partial charge in [-0.05, 0) is 47.0 Å². The Labute approximate surface area is 132 Å². The number of nitrogens with one attached hydrogen (secondary N) is 1. The molecule has 0 atom stereocenters. The van der Waals surface area contributed by atoms with Crippen molar-refractivity contribution >= 4 is 28.8 Å². The number of carbonyl (C=O) groups is 2. The Morgan fingerprint density at radius 2 is 2.14 bits per heavy atom. The molecular weight excluding hydrogens is 303 g/mol. The van der Waals surface area contributed by atoms with Crippen molar-refractivity contribution in [1.82, 2.24) is 4.90 Å². The molecule has 0 aliphatic heterocycles. The molecule has 22 heavy (non-hydrogen) atoms. The number of amides is 2. The second-order valence-electron chi connectivity index (χ2n) is 4.94. The lowest BCUT2D eigenvalue weighted by Gasteiger charge is -2.16. The van der Waals surface area contributed by atoms with Gasteiger partial charge < -0.3 is 10.2 Å². The van der Waals surface area contributed by atoms with Gasteiger partial charge in [0.15, 0.2) is 0 Å². The second-order valence-corrected chi connectivity index (χ2v) is 5.72. The molecule has 0 aliphatic carbocycles. The molecule has 0 aliphatic rings. The predicted octanol–water partition coefficient (Wildman–Crippen LogP) is 2.92. The molecule has 0 bridgehead atoms. The average molecular weight is 320 g/mol. The van der Waals surface area contributed by atoms with Gasteiger partial charge in [0.2, 0.25) is 11.8 Å². The zero-order valence-electron chi connectivity index (χ0n) is 12.2. The third-order valence-electron chi connectivity index (χ3n) is 3.12. The maximum Gasteiger partial charge on any atom is 0.243 e. The van der Waals surface area contributed by atoms with Crippen LogP contribution in [0.2, 0.25) is 0 Å². The van der Waals surface area contributed by atoms with Gasteiger partial charge in [0.05, 0.1) is 6.54 Å². The summed E-state index contributed by atoms with van der Waals surface area (Å²) < 4.78 is 13.0. The van der Waals surface area contributed by atoms with Crippen LogP contribution >= 0.6 is 11.3 Å². The smallest absolute Gasteiger partial charge is 0.243 e. The minimum Gasteiger partial charge on any atom is -0.336 e. The van der Waals surface area contributed by atoms with E-state index in [1.54, 1.807) is 24.5 Å². The summed E-state index contributed by atoms with van der Waals surface area (Å²) in [6.45, 7) is -0.0566. The molecule has 1 N–H and O–H groups in total. The molecule has 1 heterocycles. The van der Waals surface area contributed by atoms with Crippen LogP contribution in [0.4, 0.5) is 10.1 Å². The normalized spacial score (nSPS) is 10.3. The van der Waals surface area contributed by atoms with Crippen LogP contribution in [0.3, 0.4) is 0 Å². The van der Waals surface area contributed by atoms with Gasteiger partial charge in [-0.3, -0.25) is 9.59 Å². The highest BCUT2D eigenvalue weighted by Gasteiger charge is 2.13. The Bertz CT molecular complexity index is 643. The first-order valence-corrected chi connectivity index (χ1v) is 7.79. The molecule has 0 saturated heterocycles. The Kier molecular flexibility index (Phi) is 5.66.